The maximum absolute atomic E-state index is 11.5. The van der Waals surface area contributed by atoms with Crippen molar-refractivity contribution in [1.82, 2.24) is 15.5 Å². The van der Waals surface area contributed by atoms with Crippen molar-refractivity contribution in [2.75, 3.05) is 17.6 Å². The largest absolute Gasteiger partial charge is 0.399 e. The highest BCUT2D eigenvalue weighted by Crippen LogP contribution is 2.26. The molecule has 0 fully saturated rings. The summed E-state index contributed by atoms with van der Waals surface area (Å²) in [6.07, 6.45) is 0. The van der Waals surface area contributed by atoms with Crippen molar-refractivity contribution in [3.63, 3.8) is 0 Å². The van der Waals surface area contributed by atoms with Crippen molar-refractivity contribution in [3.05, 3.63) is 41.0 Å². The van der Waals surface area contributed by atoms with Gasteiger partial charge in [-0.2, -0.15) is 0 Å². The van der Waals surface area contributed by atoms with E-state index in [1.807, 2.05) is 6.92 Å². The Labute approximate surface area is 121 Å². The first kappa shape index (κ1) is 14.1. The van der Waals surface area contributed by atoms with E-state index in [1.54, 1.807) is 30.3 Å². The van der Waals surface area contributed by atoms with Gasteiger partial charge < -0.3 is 16.4 Å². The number of anilines is 3. The summed E-state index contributed by atoms with van der Waals surface area (Å²) in [6, 6.07) is 8.33. The number of nitrogens with two attached hydrogens (primary N) is 1. The molecule has 0 bridgehead atoms. The summed E-state index contributed by atoms with van der Waals surface area (Å²) in [5.41, 5.74) is 7.17. The lowest BCUT2D eigenvalue weighted by Crippen LogP contribution is -2.24. The average molecular weight is 292 g/mol. The molecule has 1 aromatic heterocycles. The van der Waals surface area contributed by atoms with Crippen LogP contribution in [0.3, 0.4) is 0 Å². The molecule has 0 aliphatic rings. The summed E-state index contributed by atoms with van der Waals surface area (Å²) >= 11 is 6.04. The minimum atomic E-state index is -0.256. The molecule has 0 spiro atoms. The van der Waals surface area contributed by atoms with Crippen LogP contribution < -0.4 is 16.4 Å². The first-order valence-corrected chi connectivity index (χ1v) is 6.42. The third-order valence-electron chi connectivity index (χ3n) is 2.49. The summed E-state index contributed by atoms with van der Waals surface area (Å²) in [7, 11) is 0. The highest BCUT2D eigenvalue weighted by atomic mass is 35.5. The Balaban J connectivity index is 2.14. The summed E-state index contributed by atoms with van der Waals surface area (Å²) < 4.78 is 0. The monoisotopic (exact) mass is 291 g/mol. The van der Waals surface area contributed by atoms with Gasteiger partial charge in [0.15, 0.2) is 11.5 Å². The number of aromatic nitrogens is 2. The molecular formula is C13H14ClN5O. The molecule has 0 aliphatic carbocycles. The topological polar surface area (TPSA) is 92.9 Å². The van der Waals surface area contributed by atoms with Gasteiger partial charge in [-0.25, -0.2) is 0 Å². The third kappa shape index (κ3) is 3.36. The molecule has 0 aliphatic heterocycles. The van der Waals surface area contributed by atoms with Gasteiger partial charge >= 0.3 is 0 Å². The van der Waals surface area contributed by atoms with Gasteiger partial charge in [0.2, 0.25) is 0 Å². The van der Waals surface area contributed by atoms with E-state index in [2.05, 4.69) is 20.8 Å². The summed E-state index contributed by atoms with van der Waals surface area (Å²) in [5.74, 6) is 0.221. The Morgan fingerprint density at radius 2 is 2.10 bits per heavy atom. The minimum absolute atomic E-state index is 0.256. The SMILES string of the molecule is CCNC(=O)c1ccc(Nc2cc(N)ccc2Cl)nn1. The Hall–Kier alpha value is -2.34. The molecule has 2 aromatic rings. The van der Waals surface area contributed by atoms with Crippen LogP contribution in [0.4, 0.5) is 17.2 Å². The predicted octanol–water partition coefficient (Wildman–Crippen LogP) is 2.21. The van der Waals surface area contributed by atoms with E-state index >= 15 is 0 Å². The molecule has 7 heteroatoms. The Bertz CT molecular complexity index is 615. The Kier molecular flexibility index (Phi) is 4.37. The fourth-order valence-corrected chi connectivity index (χ4v) is 1.71. The van der Waals surface area contributed by atoms with Crippen LogP contribution in [0.25, 0.3) is 0 Å². The number of hydrogen-bond donors (Lipinski definition) is 3. The number of carbonyl (C=O) groups is 1. The van der Waals surface area contributed by atoms with Crippen molar-refractivity contribution in [1.29, 1.82) is 0 Å². The zero-order valence-corrected chi connectivity index (χ0v) is 11.6. The van der Waals surface area contributed by atoms with E-state index in [0.717, 1.165) is 0 Å². The van der Waals surface area contributed by atoms with Crippen LogP contribution in [0.2, 0.25) is 5.02 Å². The van der Waals surface area contributed by atoms with Crippen molar-refractivity contribution >= 4 is 34.7 Å². The van der Waals surface area contributed by atoms with E-state index in [1.165, 1.54) is 0 Å². The van der Waals surface area contributed by atoms with Gasteiger partial charge in [0.25, 0.3) is 5.91 Å². The highest BCUT2D eigenvalue weighted by Gasteiger charge is 2.07. The molecule has 1 amide bonds. The number of nitrogens with zero attached hydrogens (tertiary/aromatic N) is 2. The molecule has 20 heavy (non-hydrogen) atoms. The number of benzene rings is 1. The van der Waals surface area contributed by atoms with Crippen LogP contribution in [0.15, 0.2) is 30.3 Å². The number of carbonyl (C=O) groups excluding carboxylic acids is 1. The lowest BCUT2D eigenvalue weighted by Gasteiger charge is -2.08. The molecule has 1 aromatic carbocycles. The van der Waals surface area contributed by atoms with E-state index in [4.69, 9.17) is 17.3 Å². The van der Waals surface area contributed by atoms with Gasteiger partial charge in [0.05, 0.1) is 10.7 Å². The first-order chi connectivity index (χ1) is 9.60. The summed E-state index contributed by atoms with van der Waals surface area (Å²) in [4.78, 5) is 11.5. The van der Waals surface area contributed by atoms with Crippen LogP contribution in [0.5, 0.6) is 0 Å². The molecule has 0 atom stereocenters. The van der Waals surface area contributed by atoms with E-state index in [0.29, 0.717) is 28.8 Å². The molecule has 0 saturated carbocycles. The van der Waals surface area contributed by atoms with Gasteiger partial charge in [-0.15, -0.1) is 10.2 Å². The summed E-state index contributed by atoms with van der Waals surface area (Å²) in [6.45, 7) is 2.38. The lowest BCUT2D eigenvalue weighted by molar-refractivity contribution is 0.0950. The molecular weight excluding hydrogens is 278 g/mol. The molecule has 6 nitrogen and oxygen atoms in total. The van der Waals surface area contributed by atoms with Crippen molar-refractivity contribution in [3.8, 4) is 0 Å². The number of nitrogens with one attached hydrogen (secondary N) is 2. The molecule has 0 saturated heterocycles. The number of nitrogen functional groups attached to an aromatic ring is 1. The van der Waals surface area contributed by atoms with Crippen molar-refractivity contribution in [2.24, 2.45) is 0 Å². The second kappa shape index (κ2) is 6.21. The fraction of sp³-hybridized carbons (Fsp3) is 0.154. The van der Waals surface area contributed by atoms with Crippen LogP contribution in [-0.4, -0.2) is 22.6 Å². The standard InChI is InChI=1S/C13H14ClN5O/c1-2-16-13(20)10-5-6-12(19-18-10)17-11-7-8(15)3-4-9(11)14/h3-7H,2,15H2,1H3,(H,16,20)(H,17,19). The third-order valence-corrected chi connectivity index (χ3v) is 2.82. The molecule has 0 radical (unpaired) electrons. The Morgan fingerprint density at radius 1 is 1.30 bits per heavy atom. The first-order valence-electron chi connectivity index (χ1n) is 6.04. The predicted molar refractivity (Wildman–Crippen MR) is 79.2 cm³/mol. The smallest absolute Gasteiger partial charge is 0.271 e. The van der Waals surface area contributed by atoms with E-state index in [9.17, 15) is 4.79 Å². The lowest BCUT2D eigenvalue weighted by atomic mass is 10.3. The van der Waals surface area contributed by atoms with Gasteiger partial charge in [-0.05, 0) is 37.3 Å². The fourth-order valence-electron chi connectivity index (χ4n) is 1.55. The maximum Gasteiger partial charge on any atom is 0.271 e. The van der Waals surface area contributed by atoms with Crippen molar-refractivity contribution in [2.45, 2.75) is 6.92 Å². The number of halogens is 1. The molecule has 1 heterocycles. The average Bonchev–Trinajstić information content (AvgIpc) is 2.44. The maximum atomic E-state index is 11.5. The molecule has 4 N–H and O–H groups in total. The molecule has 104 valence electrons. The zero-order valence-electron chi connectivity index (χ0n) is 10.9. The Morgan fingerprint density at radius 3 is 2.75 bits per heavy atom. The van der Waals surface area contributed by atoms with Gasteiger partial charge in [0, 0.05) is 12.2 Å². The zero-order chi connectivity index (χ0) is 14.5. The van der Waals surface area contributed by atoms with Crippen molar-refractivity contribution < 1.29 is 4.79 Å². The highest BCUT2D eigenvalue weighted by molar-refractivity contribution is 6.33. The van der Waals surface area contributed by atoms with Crippen LogP contribution >= 0.6 is 11.6 Å². The second-order valence-corrected chi connectivity index (χ2v) is 4.43. The minimum Gasteiger partial charge on any atom is -0.399 e. The van der Waals surface area contributed by atoms with Crippen LogP contribution in [-0.2, 0) is 0 Å². The molecule has 0 unspecified atom stereocenters. The number of amides is 1. The van der Waals surface area contributed by atoms with Crippen LogP contribution in [0.1, 0.15) is 17.4 Å². The van der Waals surface area contributed by atoms with Gasteiger partial charge in [-0.1, -0.05) is 11.6 Å². The summed E-state index contributed by atoms with van der Waals surface area (Å²) in [5, 5.41) is 13.9. The molecule has 2 rings (SSSR count). The quantitative estimate of drug-likeness (QED) is 0.751. The van der Waals surface area contributed by atoms with Gasteiger partial charge in [0.1, 0.15) is 0 Å². The van der Waals surface area contributed by atoms with Crippen LogP contribution in [0, 0.1) is 0 Å². The normalized spacial score (nSPS) is 10.1. The number of rotatable bonds is 4. The number of hydrogen-bond acceptors (Lipinski definition) is 5. The van der Waals surface area contributed by atoms with E-state index in [-0.39, 0.29) is 11.6 Å². The van der Waals surface area contributed by atoms with E-state index < -0.39 is 0 Å². The van der Waals surface area contributed by atoms with Gasteiger partial charge in [-0.3, -0.25) is 4.79 Å². The second-order valence-electron chi connectivity index (χ2n) is 4.03.